The molecule has 0 saturated heterocycles. The predicted molar refractivity (Wildman–Crippen MR) is 85.1 cm³/mol. The van der Waals surface area contributed by atoms with Crippen molar-refractivity contribution in [2.45, 2.75) is 19.5 Å². The topological polar surface area (TPSA) is 3.24 Å². The molecule has 108 valence electrons. The van der Waals surface area contributed by atoms with Crippen LogP contribution in [0.5, 0.6) is 0 Å². The molecule has 1 heterocycles. The van der Waals surface area contributed by atoms with E-state index in [2.05, 4.69) is 60.4 Å². The molecule has 1 aliphatic heterocycles. The summed E-state index contributed by atoms with van der Waals surface area (Å²) in [5.41, 5.74) is 4.27. The number of hydrogen-bond acceptors (Lipinski definition) is 1. The number of nitrogens with zero attached hydrogens (tertiary/aromatic N) is 1. The summed E-state index contributed by atoms with van der Waals surface area (Å²) in [5.74, 6) is 0. The molecule has 0 aromatic heterocycles. The van der Waals surface area contributed by atoms with Crippen LogP contribution in [-0.4, -0.2) is 0 Å². The smallest absolute Gasteiger partial charge is 0.413 e. The predicted octanol–water partition coefficient (Wildman–Crippen LogP) is 4.89. The molecule has 0 N–H and O–H groups in total. The van der Waals surface area contributed by atoms with Gasteiger partial charge in [-0.2, -0.15) is 30.3 Å². The molecule has 1 atom stereocenters. The second-order valence-corrected chi connectivity index (χ2v) is 5.11. The van der Waals surface area contributed by atoms with Gasteiger partial charge in [-0.3, -0.25) is 0 Å². The van der Waals surface area contributed by atoms with Crippen LogP contribution in [0.25, 0.3) is 0 Å². The first kappa shape index (κ1) is 15.6. The number of fused-ring (bicyclic) bond motifs is 1. The largest absolute Gasteiger partial charge is 2.00 e. The van der Waals surface area contributed by atoms with Crippen molar-refractivity contribution in [1.82, 2.24) is 0 Å². The van der Waals surface area contributed by atoms with Crippen molar-refractivity contribution in [3.05, 3.63) is 90.0 Å². The summed E-state index contributed by atoms with van der Waals surface area (Å²) in [6.45, 7) is 3.32. The maximum atomic E-state index is 2.45. The minimum atomic E-state index is 0. The van der Waals surface area contributed by atoms with Crippen LogP contribution in [-0.2, 0) is 23.6 Å². The van der Waals surface area contributed by atoms with Crippen molar-refractivity contribution >= 4 is 5.69 Å². The van der Waals surface area contributed by atoms with E-state index in [0.717, 1.165) is 6.54 Å². The number of anilines is 1. The van der Waals surface area contributed by atoms with E-state index < -0.39 is 0 Å². The first-order valence-electron chi connectivity index (χ1n) is 7.09. The number of rotatable bonds is 1. The molecule has 1 nitrogen and oxygen atoms in total. The van der Waals surface area contributed by atoms with Crippen LogP contribution in [0.3, 0.4) is 0 Å². The van der Waals surface area contributed by atoms with Gasteiger partial charge in [0.05, 0.1) is 0 Å². The molecular formula is C19H19FeN. The molecular weight excluding hydrogens is 298 g/mol. The Hall–Kier alpha value is -1.76. The number of benzene rings is 1. The van der Waals surface area contributed by atoms with E-state index in [1.54, 1.807) is 0 Å². The summed E-state index contributed by atoms with van der Waals surface area (Å²) in [7, 11) is 0. The maximum absolute atomic E-state index is 2.45. The Labute approximate surface area is 137 Å². The standard InChI is InChI=1S/C14H14N.C5H5.Fe/c1-11-14-9-5-2-6-12(14)10-15(11)13-7-3-4-8-13;1-2-4-5-3-1;/h2-9,11H,10H2,1H3;1-5H;/q2*-1;+2. The Morgan fingerprint density at radius 2 is 1.67 bits per heavy atom. The van der Waals surface area contributed by atoms with Crippen LogP contribution < -0.4 is 4.90 Å². The van der Waals surface area contributed by atoms with Crippen LogP contribution >= 0.6 is 0 Å². The summed E-state index contributed by atoms with van der Waals surface area (Å²) in [6, 6.07) is 27.8. The Morgan fingerprint density at radius 3 is 2.24 bits per heavy atom. The maximum Gasteiger partial charge on any atom is 2.00 e. The van der Waals surface area contributed by atoms with Gasteiger partial charge in [-0.05, 0) is 18.1 Å². The fourth-order valence-electron chi connectivity index (χ4n) is 2.77. The third-order valence-corrected chi connectivity index (χ3v) is 3.85. The zero-order chi connectivity index (χ0) is 13.8. The molecule has 3 aromatic rings. The molecule has 21 heavy (non-hydrogen) atoms. The SMILES string of the molecule is CC1c2ccccc2CN1[c-]1cccc1.[Fe+2].c1cc[cH-]c1. The van der Waals surface area contributed by atoms with Gasteiger partial charge < -0.3 is 4.90 Å². The fourth-order valence-corrected chi connectivity index (χ4v) is 2.77. The van der Waals surface area contributed by atoms with Gasteiger partial charge in [-0.15, -0.1) is 0 Å². The van der Waals surface area contributed by atoms with Crippen molar-refractivity contribution in [2.24, 2.45) is 0 Å². The van der Waals surface area contributed by atoms with E-state index in [1.807, 2.05) is 30.3 Å². The minimum Gasteiger partial charge on any atom is -0.413 e. The average Bonchev–Trinajstić information content (AvgIpc) is 3.23. The van der Waals surface area contributed by atoms with Crippen molar-refractivity contribution in [2.75, 3.05) is 4.90 Å². The Balaban J connectivity index is 0.000000231. The Morgan fingerprint density at radius 1 is 1.00 bits per heavy atom. The summed E-state index contributed by atoms with van der Waals surface area (Å²) < 4.78 is 0. The Bertz CT molecular complexity index is 608. The molecule has 0 saturated carbocycles. The molecule has 0 aliphatic carbocycles. The molecule has 1 aliphatic rings. The second kappa shape index (κ2) is 7.31. The summed E-state index contributed by atoms with van der Waals surface area (Å²) in [5, 5.41) is 0. The molecule has 0 radical (unpaired) electrons. The van der Waals surface area contributed by atoms with Crippen molar-refractivity contribution in [1.29, 1.82) is 0 Å². The summed E-state index contributed by atoms with van der Waals surface area (Å²) >= 11 is 0. The summed E-state index contributed by atoms with van der Waals surface area (Å²) in [6.07, 6.45) is 0. The van der Waals surface area contributed by atoms with Gasteiger partial charge in [0.15, 0.2) is 0 Å². The van der Waals surface area contributed by atoms with Gasteiger partial charge in [-0.1, -0.05) is 30.0 Å². The van der Waals surface area contributed by atoms with E-state index in [1.165, 1.54) is 16.8 Å². The van der Waals surface area contributed by atoms with Crippen molar-refractivity contribution in [3.63, 3.8) is 0 Å². The third-order valence-electron chi connectivity index (χ3n) is 3.85. The molecule has 0 bridgehead atoms. The van der Waals surface area contributed by atoms with Crippen molar-refractivity contribution < 1.29 is 17.1 Å². The monoisotopic (exact) mass is 317 g/mol. The van der Waals surface area contributed by atoms with Crippen LogP contribution in [0.4, 0.5) is 5.69 Å². The van der Waals surface area contributed by atoms with Crippen molar-refractivity contribution in [3.8, 4) is 0 Å². The molecule has 4 rings (SSSR count). The van der Waals surface area contributed by atoms with Crippen LogP contribution in [0, 0.1) is 0 Å². The quantitative estimate of drug-likeness (QED) is 0.456. The van der Waals surface area contributed by atoms with Gasteiger partial charge in [0.1, 0.15) is 0 Å². The van der Waals surface area contributed by atoms with Gasteiger partial charge in [-0.25, -0.2) is 24.3 Å². The molecule has 2 heteroatoms. The third kappa shape index (κ3) is 3.47. The fraction of sp³-hybridized carbons (Fsp3) is 0.158. The van der Waals surface area contributed by atoms with Gasteiger partial charge in [0.2, 0.25) is 0 Å². The van der Waals surface area contributed by atoms with Gasteiger partial charge in [0, 0.05) is 12.6 Å². The van der Waals surface area contributed by atoms with E-state index in [4.69, 9.17) is 0 Å². The van der Waals surface area contributed by atoms with Crippen LogP contribution in [0.1, 0.15) is 24.1 Å². The zero-order valence-electron chi connectivity index (χ0n) is 12.1. The van der Waals surface area contributed by atoms with Gasteiger partial charge >= 0.3 is 17.1 Å². The molecule has 0 fully saturated rings. The first-order valence-corrected chi connectivity index (χ1v) is 7.09. The molecule has 3 aromatic carbocycles. The van der Waals surface area contributed by atoms with Gasteiger partial charge in [0.25, 0.3) is 0 Å². The first-order chi connectivity index (χ1) is 9.86. The minimum absolute atomic E-state index is 0. The second-order valence-electron chi connectivity index (χ2n) is 5.11. The normalized spacial score (nSPS) is 15.7. The van der Waals surface area contributed by atoms with E-state index >= 15 is 0 Å². The molecule has 0 spiro atoms. The Kier molecular flexibility index (Phi) is 5.44. The van der Waals surface area contributed by atoms with E-state index in [0.29, 0.717) is 6.04 Å². The van der Waals surface area contributed by atoms with E-state index in [9.17, 15) is 0 Å². The number of hydrogen-bond donors (Lipinski definition) is 0. The molecule has 1 unspecified atom stereocenters. The summed E-state index contributed by atoms with van der Waals surface area (Å²) in [4.78, 5) is 2.45. The molecule has 0 amide bonds. The van der Waals surface area contributed by atoms with E-state index in [-0.39, 0.29) is 17.1 Å². The van der Waals surface area contributed by atoms with Crippen LogP contribution in [0.2, 0.25) is 0 Å². The van der Waals surface area contributed by atoms with Crippen LogP contribution in [0.15, 0.2) is 78.9 Å². The zero-order valence-corrected chi connectivity index (χ0v) is 13.2. The average molecular weight is 317 g/mol.